The summed E-state index contributed by atoms with van der Waals surface area (Å²) in [5.41, 5.74) is 4.94. The number of hydrogen-bond acceptors (Lipinski definition) is 2. The van der Waals surface area contributed by atoms with Crippen LogP contribution in [0.5, 0.6) is 0 Å². The molecular weight excluding hydrogens is 382 g/mol. The van der Waals surface area contributed by atoms with Crippen LogP contribution in [0.4, 0.5) is 0 Å². The molecule has 0 aliphatic carbocycles. The first-order valence-corrected chi connectivity index (χ1v) is 10.1. The molecule has 0 heterocycles. The summed E-state index contributed by atoms with van der Waals surface area (Å²) in [4.78, 5) is 12.3. The minimum absolute atomic E-state index is 0.0892. The molecule has 1 atom stereocenters. The van der Waals surface area contributed by atoms with Gasteiger partial charge in [0.1, 0.15) is 0 Å². The number of hydrogen-bond donors (Lipinski definition) is 1. The van der Waals surface area contributed by atoms with Crippen molar-refractivity contribution in [3.8, 4) is 0 Å². The molecule has 0 saturated heterocycles. The number of carbonyl (C=O) groups excluding carboxylic acids is 1. The van der Waals surface area contributed by atoms with Gasteiger partial charge >= 0.3 is 0 Å². The number of aryl methyl sites for hydroxylation is 2. The number of benzene rings is 2. The summed E-state index contributed by atoms with van der Waals surface area (Å²) in [6.07, 6.45) is 0.896. The van der Waals surface area contributed by atoms with Gasteiger partial charge in [-0.05, 0) is 49.1 Å². The molecule has 4 heteroatoms. The fourth-order valence-electron chi connectivity index (χ4n) is 2.69. The van der Waals surface area contributed by atoms with Gasteiger partial charge in [0, 0.05) is 10.2 Å². The monoisotopic (exact) mass is 405 g/mol. The highest BCUT2D eigenvalue weighted by molar-refractivity contribution is 9.10. The number of thioether (sulfide) groups is 1. The molecule has 0 aliphatic heterocycles. The molecule has 128 valence electrons. The summed E-state index contributed by atoms with van der Waals surface area (Å²) in [6, 6.07) is 14.7. The van der Waals surface area contributed by atoms with E-state index in [1.807, 2.05) is 12.1 Å². The van der Waals surface area contributed by atoms with Gasteiger partial charge in [-0.25, -0.2) is 0 Å². The average molecular weight is 406 g/mol. The topological polar surface area (TPSA) is 29.1 Å². The molecule has 2 aromatic carbocycles. The Balaban J connectivity index is 1.86. The van der Waals surface area contributed by atoms with E-state index in [1.54, 1.807) is 11.8 Å². The van der Waals surface area contributed by atoms with Gasteiger partial charge in [0.15, 0.2) is 0 Å². The molecule has 1 amide bonds. The first-order valence-electron chi connectivity index (χ1n) is 8.18. The second-order valence-electron chi connectivity index (χ2n) is 6.01. The summed E-state index contributed by atoms with van der Waals surface area (Å²) in [5.74, 6) is 1.43. The number of amides is 1. The molecule has 2 rings (SSSR count). The van der Waals surface area contributed by atoms with Crippen LogP contribution < -0.4 is 5.32 Å². The highest BCUT2D eigenvalue weighted by Crippen LogP contribution is 2.22. The lowest BCUT2D eigenvalue weighted by atomic mass is 9.97. The van der Waals surface area contributed by atoms with Crippen molar-refractivity contribution in [1.82, 2.24) is 5.32 Å². The standard InChI is InChI=1S/C20H24BrNOS/c1-4-19(18-10-5-14(2)11-15(18)3)22-20(23)13-24-12-16-6-8-17(21)9-7-16/h5-11,19H,4,12-13H2,1-3H3,(H,22,23)/t19-/m1/s1. The molecule has 0 fully saturated rings. The largest absolute Gasteiger partial charge is 0.349 e. The maximum Gasteiger partial charge on any atom is 0.230 e. The first-order chi connectivity index (χ1) is 11.5. The lowest BCUT2D eigenvalue weighted by Gasteiger charge is -2.20. The fourth-order valence-corrected chi connectivity index (χ4v) is 3.76. The average Bonchev–Trinajstić information content (AvgIpc) is 2.55. The van der Waals surface area contributed by atoms with Crippen LogP contribution in [0.3, 0.4) is 0 Å². The van der Waals surface area contributed by atoms with Crippen molar-refractivity contribution in [2.45, 2.75) is 39.0 Å². The van der Waals surface area contributed by atoms with E-state index >= 15 is 0 Å². The van der Waals surface area contributed by atoms with Gasteiger partial charge in [-0.3, -0.25) is 4.79 Å². The van der Waals surface area contributed by atoms with E-state index in [9.17, 15) is 4.79 Å². The number of halogens is 1. The number of carbonyl (C=O) groups is 1. The van der Waals surface area contributed by atoms with E-state index in [4.69, 9.17) is 0 Å². The minimum atomic E-state index is 0.0892. The fraction of sp³-hybridized carbons (Fsp3) is 0.350. The molecule has 0 radical (unpaired) electrons. The first kappa shape index (κ1) is 19.1. The zero-order valence-corrected chi connectivity index (χ0v) is 16.8. The van der Waals surface area contributed by atoms with Crippen molar-refractivity contribution in [1.29, 1.82) is 0 Å². The molecular formula is C20H24BrNOS. The molecule has 0 unspecified atom stereocenters. The zero-order valence-electron chi connectivity index (χ0n) is 14.4. The molecule has 0 aliphatic rings. The highest BCUT2D eigenvalue weighted by Gasteiger charge is 2.14. The minimum Gasteiger partial charge on any atom is -0.349 e. The smallest absolute Gasteiger partial charge is 0.230 e. The predicted molar refractivity (Wildman–Crippen MR) is 107 cm³/mol. The Hall–Kier alpha value is -1.26. The lowest BCUT2D eigenvalue weighted by molar-refractivity contribution is -0.119. The number of rotatable bonds is 7. The SMILES string of the molecule is CC[C@@H](NC(=O)CSCc1ccc(Br)cc1)c1ccc(C)cc1C. The third-order valence-electron chi connectivity index (χ3n) is 3.96. The Bertz CT molecular complexity index is 685. The second kappa shape index (κ2) is 9.28. The van der Waals surface area contributed by atoms with Gasteiger partial charge < -0.3 is 5.32 Å². The van der Waals surface area contributed by atoms with Gasteiger partial charge in [0.25, 0.3) is 0 Å². The molecule has 0 saturated carbocycles. The maximum absolute atomic E-state index is 12.3. The normalized spacial score (nSPS) is 12.0. The van der Waals surface area contributed by atoms with Crippen LogP contribution >= 0.6 is 27.7 Å². The van der Waals surface area contributed by atoms with Crippen LogP contribution in [-0.4, -0.2) is 11.7 Å². The van der Waals surface area contributed by atoms with Crippen LogP contribution in [0.2, 0.25) is 0 Å². The summed E-state index contributed by atoms with van der Waals surface area (Å²) < 4.78 is 1.08. The maximum atomic E-state index is 12.3. The van der Waals surface area contributed by atoms with Crippen LogP contribution in [0.15, 0.2) is 46.9 Å². The van der Waals surface area contributed by atoms with E-state index in [1.165, 1.54) is 22.3 Å². The summed E-state index contributed by atoms with van der Waals surface area (Å²) in [6.45, 7) is 6.31. The molecule has 2 aromatic rings. The second-order valence-corrected chi connectivity index (χ2v) is 7.91. The van der Waals surface area contributed by atoms with Crippen molar-refractivity contribution < 1.29 is 4.79 Å². The van der Waals surface area contributed by atoms with Gasteiger partial charge in [0.05, 0.1) is 11.8 Å². The molecule has 0 spiro atoms. The molecule has 2 nitrogen and oxygen atoms in total. The van der Waals surface area contributed by atoms with E-state index in [-0.39, 0.29) is 11.9 Å². The van der Waals surface area contributed by atoms with Gasteiger partial charge in [0.2, 0.25) is 5.91 Å². The summed E-state index contributed by atoms with van der Waals surface area (Å²) in [5, 5.41) is 3.17. The quantitative estimate of drug-likeness (QED) is 0.652. The van der Waals surface area contributed by atoms with Crippen molar-refractivity contribution in [2.75, 3.05) is 5.75 Å². The van der Waals surface area contributed by atoms with Crippen LogP contribution in [-0.2, 0) is 10.5 Å². The number of nitrogens with one attached hydrogen (secondary N) is 1. The van der Waals surface area contributed by atoms with E-state index in [0.29, 0.717) is 5.75 Å². The van der Waals surface area contributed by atoms with Crippen LogP contribution in [0.1, 0.15) is 41.6 Å². The predicted octanol–water partition coefficient (Wildman–Crippen LogP) is 5.57. The Morgan fingerprint density at radius 2 is 1.88 bits per heavy atom. The molecule has 0 bridgehead atoms. The molecule has 0 aromatic heterocycles. The van der Waals surface area contributed by atoms with Gasteiger partial charge in [-0.1, -0.05) is 58.7 Å². The van der Waals surface area contributed by atoms with Gasteiger partial charge in [-0.2, -0.15) is 0 Å². The van der Waals surface area contributed by atoms with Crippen molar-refractivity contribution >= 4 is 33.6 Å². The van der Waals surface area contributed by atoms with Crippen LogP contribution in [0, 0.1) is 13.8 Å². The van der Waals surface area contributed by atoms with Crippen molar-refractivity contribution in [3.63, 3.8) is 0 Å². The molecule has 1 N–H and O–H groups in total. The highest BCUT2D eigenvalue weighted by atomic mass is 79.9. The van der Waals surface area contributed by atoms with Crippen molar-refractivity contribution in [2.24, 2.45) is 0 Å². The third kappa shape index (κ3) is 5.67. The Morgan fingerprint density at radius 1 is 1.17 bits per heavy atom. The Morgan fingerprint density at radius 3 is 2.50 bits per heavy atom. The van der Waals surface area contributed by atoms with Crippen molar-refractivity contribution in [3.05, 3.63) is 69.2 Å². The Kier molecular flexibility index (Phi) is 7.38. The van der Waals surface area contributed by atoms with Crippen LogP contribution in [0.25, 0.3) is 0 Å². The Labute approximate surface area is 157 Å². The van der Waals surface area contributed by atoms with E-state index < -0.39 is 0 Å². The van der Waals surface area contributed by atoms with E-state index in [0.717, 1.165) is 16.6 Å². The summed E-state index contributed by atoms with van der Waals surface area (Å²) in [7, 11) is 0. The van der Waals surface area contributed by atoms with Gasteiger partial charge in [-0.15, -0.1) is 11.8 Å². The van der Waals surface area contributed by atoms with E-state index in [2.05, 4.69) is 72.3 Å². The third-order valence-corrected chi connectivity index (χ3v) is 5.49. The zero-order chi connectivity index (χ0) is 17.5. The lowest BCUT2D eigenvalue weighted by Crippen LogP contribution is -2.30. The summed E-state index contributed by atoms with van der Waals surface area (Å²) >= 11 is 5.08. The molecule has 24 heavy (non-hydrogen) atoms.